The van der Waals surface area contributed by atoms with Crippen LogP contribution in [0.5, 0.6) is 0 Å². The van der Waals surface area contributed by atoms with Crippen molar-refractivity contribution in [2.45, 2.75) is 5.88 Å². The maximum Gasteiger partial charge on any atom is 0.218 e. The fraction of sp³-hybridized carbons (Fsp3) is 0.100. The van der Waals surface area contributed by atoms with Gasteiger partial charge in [0.05, 0.1) is 16.9 Å². The maximum atomic E-state index is 5.70. The summed E-state index contributed by atoms with van der Waals surface area (Å²) in [6.45, 7) is 0. The molecule has 0 saturated carbocycles. The molecule has 0 aliphatic carbocycles. The minimum Gasteiger partial charge on any atom is -0.273 e. The lowest BCUT2D eigenvalue weighted by molar-refractivity contribution is 0.964. The van der Waals surface area contributed by atoms with Crippen LogP contribution >= 0.6 is 22.9 Å². The molecule has 0 aliphatic rings. The number of halogens is 1. The van der Waals surface area contributed by atoms with Crippen molar-refractivity contribution in [1.29, 1.82) is 0 Å². The Morgan fingerprint density at radius 1 is 1.25 bits per heavy atom. The van der Waals surface area contributed by atoms with Crippen LogP contribution in [-0.4, -0.2) is 19.7 Å². The fourth-order valence-electron chi connectivity index (χ4n) is 1.51. The molecule has 4 nitrogen and oxygen atoms in total. The van der Waals surface area contributed by atoms with E-state index in [2.05, 4.69) is 15.2 Å². The zero-order valence-electron chi connectivity index (χ0n) is 8.17. The van der Waals surface area contributed by atoms with Gasteiger partial charge in [0.2, 0.25) is 5.13 Å². The quantitative estimate of drug-likeness (QED) is 0.657. The first-order chi connectivity index (χ1) is 7.88. The first-order valence-electron chi connectivity index (χ1n) is 4.69. The topological polar surface area (TPSA) is 43.6 Å². The van der Waals surface area contributed by atoms with Crippen LogP contribution in [0.3, 0.4) is 0 Å². The van der Waals surface area contributed by atoms with E-state index in [-0.39, 0.29) is 0 Å². The largest absolute Gasteiger partial charge is 0.273 e. The van der Waals surface area contributed by atoms with Gasteiger partial charge in [-0.05, 0) is 12.1 Å². The van der Waals surface area contributed by atoms with E-state index >= 15 is 0 Å². The van der Waals surface area contributed by atoms with Gasteiger partial charge in [-0.15, -0.1) is 21.8 Å². The predicted octanol–water partition coefficient (Wildman–Crippen LogP) is 2.62. The van der Waals surface area contributed by atoms with Crippen molar-refractivity contribution >= 4 is 34.0 Å². The summed E-state index contributed by atoms with van der Waals surface area (Å²) in [5.41, 5.74) is 1.98. The summed E-state index contributed by atoms with van der Waals surface area (Å²) in [5, 5.41) is 9.68. The normalized spacial score (nSPS) is 11.1. The molecule has 0 N–H and O–H groups in total. The van der Waals surface area contributed by atoms with E-state index < -0.39 is 0 Å². The van der Waals surface area contributed by atoms with Gasteiger partial charge < -0.3 is 0 Å². The van der Waals surface area contributed by atoms with Crippen LogP contribution in [0.2, 0.25) is 0 Å². The summed E-state index contributed by atoms with van der Waals surface area (Å²) in [6.07, 6.45) is 1.75. The molecule has 0 saturated heterocycles. The molecule has 0 amide bonds. The molecule has 0 fully saturated rings. The second-order valence-corrected chi connectivity index (χ2v) is 4.52. The Balaban J connectivity index is 2.18. The summed E-state index contributed by atoms with van der Waals surface area (Å²) in [5.74, 6) is 0.393. The summed E-state index contributed by atoms with van der Waals surface area (Å²) < 4.78 is 1.92. The molecule has 0 radical (unpaired) electrons. The lowest BCUT2D eigenvalue weighted by Crippen LogP contribution is -1.90. The van der Waals surface area contributed by atoms with Crippen molar-refractivity contribution in [3.05, 3.63) is 35.6 Å². The van der Waals surface area contributed by atoms with Crippen molar-refractivity contribution in [3.63, 3.8) is 0 Å². The number of hydrogen-bond donors (Lipinski definition) is 0. The van der Waals surface area contributed by atoms with Crippen molar-refractivity contribution in [3.8, 4) is 5.13 Å². The van der Waals surface area contributed by atoms with E-state index in [1.54, 1.807) is 6.33 Å². The van der Waals surface area contributed by atoms with Gasteiger partial charge in [0.15, 0.2) is 0 Å². The Labute approximate surface area is 101 Å². The number of rotatable bonds is 2. The van der Waals surface area contributed by atoms with Crippen LogP contribution in [0.1, 0.15) is 5.01 Å². The van der Waals surface area contributed by atoms with Crippen LogP contribution in [0.25, 0.3) is 16.2 Å². The molecule has 1 aromatic carbocycles. The van der Waals surface area contributed by atoms with Gasteiger partial charge in [0.1, 0.15) is 11.3 Å². The van der Waals surface area contributed by atoms with Crippen LogP contribution in [-0.2, 0) is 5.88 Å². The SMILES string of the molecule is ClCc1nnc(-n2cnc3ccccc32)s1. The minimum absolute atomic E-state index is 0.393. The van der Waals surface area contributed by atoms with Crippen LogP contribution in [0.4, 0.5) is 0 Å². The van der Waals surface area contributed by atoms with Gasteiger partial charge in [-0.3, -0.25) is 4.57 Å². The van der Waals surface area contributed by atoms with E-state index in [1.807, 2.05) is 28.8 Å². The highest BCUT2D eigenvalue weighted by Crippen LogP contribution is 2.21. The third-order valence-corrected chi connectivity index (χ3v) is 3.56. The first-order valence-corrected chi connectivity index (χ1v) is 6.04. The Hall–Kier alpha value is -1.46. The summed E-state index contributed by atoms with van der Waals surface area (Å²) in [4.78, 5) is 4.30. The van der Waals surface area contributed by atoms with Crippen LogP contribution in [0, 0.1) is 0 Å². The van der Waals surface area contributed by atoms with E-state index in [9.17, 15) is 0 Å². The third-order valence-electron chi connectivity index (χ3n) is 2.23. The van der Waals surface area contributed by atoms with Gasteiger partial charge in [0, 0.05) is 0 Å². The lowest BCUT2D eigenvalue weighted by atomic mass is 10.3. The molecular formula is C10H7ClN4S. The number of para-hydroxylation sites is 2. The van der Waals surface area contributed by atoms with Crippen molar-refractivity contribution in [2.24, 2.45) is 0 Å². The number of alkyl halides is 1. The monoisotopic (exact) mass is 250 g/mol. The van der Waals surface area contributed by atoms with Gasteiger partial charge >= 0.3 is 0 Å². The average Bonchev–Trinajstić information content (AvgIpc) is 2.94. The Morgan fingerprint density at radius 2 is 2.12 bits per heavy atom. The van der Waals surface area contributed by atoms with Gasteiger partial charge in [-0.2, -0.15) is 0 Å². The highest BCUT2D eigenvalue weighted by atomic mass is 35.5. The average molecular weight is 251 g/mol. The molecule has 0 spiro atoms. The molecule has 0 aliphatic heterocycles. The van der Waals surface area contributed by atoms with Crippen molar-refractivity contribution in [1.82, 2.24) is 19.7 Å². The Bertz CT molecular complexity index is 630. The van der Waals surface area contributed by atoms with Crippen molar-refractivity contribution < 1.29 is 0 Å². The molecule has 3 aromatic rings. The second-order valence-electron chi connectivity index (χ2n) is 3.22. The number of aromatic nitrogens is 4. The second kappa shape index (κ2) is 3.84. The highest BCUT2D eigenvalue weighted by Gasteiger charge is 2.08. The maximum absolute atomic E-state index is 5.70. The molecule has 3 rings (SSSR count). The fourth-order valence-corrected chi connectivity index (χ4v) is 2.40. The first kappa shape index (κ1) is 9.74. The van der Waals surface area contributed by atoms with Crippen molar-refractivity contribution in [2.75, 3.05) is 0 Å². The highest BCUT2D eigenvalue weighted by molar-refractivity contribution is 7.13. The van der Waals surface area contributed by atoms with Gasteiger partial charge in [-0.25, -0.2) is 4.98 Å². The van der Waals surface area contributed by atoms with Gasteiger partial charge in [0.25, 0.3) is 0 Å². The Morgan fingerprint density at radius 3 is 2.94 bits per heavy atom. The molecule has 2 heterocycles. The number of fused-ring (bicyclic) bond motifs is 1. The third kappa shape index (κ3) is 1.48. The Kier molecular flexibility index (Phi) is 2.34. The molecule has 0 atom stereocenters. The van der Waals surface area contributed by atoms with E-state index in [0.717, 1.165) is 21.2 Å². The standard InChI is InChI=1S/C10H7ClN4S/c11-5-9-13-14-10(16-9)15-6-12-7-3-1-2-4-8(7)15/h1-4,6H,5H2. The predicted molar refractivity (Wildman–Crippen MR) is 64.1 cm³/mol. The molecule has 80 valence electrons. The number of nitrogens with zero attached hydrogens (tertiary/aromatic N) is 4. The lowest BCUT2D eigenvalue weighted by Gasteiger charge is -1.96. The number of benzene rings is 1. The zero-order valence-corrected chi connectivity index (χ0v) is 9.74. The summed E-state index contributed by atoms with van der Waals surface area (Å²) in [7, 11) is 0. The van der Waals surface area contributed by atoms with Crippen LogP contribution < -0.4 is 0 Å². The summed E-state index contributed by atoms with van der Waals surface area (Å²) >= 11 is 7.18. The van der Waals surface area contributed by atoms with Crippen LogP contribution in [0.15, 0.2) is 30.6 Å². The molecule has 16 heavy (non-hydrogen) atoms. The zero-order chi connectivity index (χ0) is 11.0. The molecule has 0 bridgehead atoms. The molecule has 0 unspecified atom stereocenters. The van der Waals surface area contributed by atoms with E-state index in [4.69, 9.17) is 11.6 Å². The molecule has 2 aromatic heterocycles. The smallest absolute Gasteiger partial charge is 0.218 e. The number of imidazole rings is 1. The minimum atomic E-state index is 0.393. The van der Waals surface area contributed by atoms with Gasteiger partial charge in [-0.1, -0.05) is 23.5 Å². The molecule has 6 heteroatoms. The van der Waals surface area contributed by atoms with E-state index in [1.165, 1.54) is 11.3 Å². The molecular weight excluding hydrogens is 244 g/mol. The number of hydrogen-bond acceptors (Lipinski definition) is 4. The van der Waals surface area contributed by atoms with E-state index in [0.29, 0.717) is 5.88 Å². The summed E-state index contributed by atoms with van der Waals surface area (Å²) in [6, 6.07) is 7.91.